The molecule has 0 radical (unpaired) electrons. The molecule has 0 saturated carbocycles. The molecule has 10 heteroatoms. The first kappa shape index (κ1) is 21.5. The lowest BCUT2D eigenvalue weighted by molar-refractivity contribution is -0.384. The molecule has 0 bridgehead atoms. The molecular formula is C20H17N3O5S2. The molecule has 2 aromatic carbocycles. The monoisotopic (exact) mass is 443 g/mol. The van der Waals surface area contributed by atoms with Gasteiger partial charge in [0.1, 0.15) is 0 Å². The number of carbonyl (C=O) groups is 1. The number of thioether (sulfide) groups is 1. The highest BCUT2D eigenvalue weighted by atomic mass is 32.2. The number of amides is 1. The van der Waals surface area contributed by atoms with E-state index >= 15 is 0 Å². The van der Waals surface area contributed by atoms with Gasteiger partial charge in [-0.25, -0.2) is 0 Å². The predicted molar refractivity (Wildman–Crippen MR) is 116 cm³/mol. The summed E-state index contributed by atoms with van der Waals surface area (Å²) in [5, 5.41) is 10.8. The van der Waals surface area contributed by atoms with E-state index in [1.54, 1.807) is 12.1 Å². The summed E-state index contributed by atoms with van der Waals surface area (Å²) in [6, 6.07) is 11.9. The van der Waals surface area contributed by atoms with E-state index in [2.05, 4.69) is 11.0 Å². The second kappa shape index (κ2) is 8.64. The maximum Gasteiger partial charge on any atom is 0.284 e. The van der Waals surface area contributed by atoms with E-state index < -0.39 is 20.9 Å². The second-order valence-electron chi connectivity index (χ2n) is 6.33. The van der Waals surface area contributed by atoms with Crippen LogP contribution in [0.3, 0.4) is 0 Å². The van der Waals surface area contributed by atoms with Gasteiger partial charge < -0.3 is 0 Å². The normalized spacial score (nSPS) is 17.0. The molecule has 0 aliphatic carbocycles. The fourth-order valence-corrected chi connectivity index (χ4v) is 4.77. The third kappa shape index (κ3) is 4.66. The summed E-state index contributed by atoms with van der Waals surface area (Å²) in [5.41, 5.74) is 1.41. The number of nitrogens with zero attached hydrogens (tertiary/aromatic N) is 3. The average Bonchev–Trinajstić information content (AvgIpc) is 2.97. The number of nitro groups is 1. The maximum atomic E-state index is 12.8. The topological polar surface area (TPSA) is 110 Å². The van der Waals surface area contributed by atoms with Crippen molar-refractivity contribution in [3.8, 4) is 0 Å². The van der Waals surface area contributed by atoms with Crippen molar-refractivity contribution in [3.63, 3.8) is 0 Å². The summed E-state index contributed by atoms with van der Waals surface area (Å²) < 4.78 is 29.2. The first-order valence-corrected chi connectivity index (χ1v) is 11.0. The molecule has 1 aliphatic rings. The van der Waals surface area contributed by atoms with E-state index in [1.807, 2.05) is 6.92 Å². The summed E-state index contributed by atoms with van der Waals surface area (Å²) in [5.74, 6) is -0.420. The Labute approximate surface area is 177 Å². The molecule has 0 aromatic heterocycles. The predicted octanol–water partition coefficient (Wildman–Crippen LogP) is 3.75. The average molecular weight is 444 g/mol. The van der Waals surface area contributed by atoms with Gasteiger partial charge >= 0.3 is 0 Å². The van der Waals surface area contributed by atoms with Gasteiger partial charge in [-0.3, -0.25) is 19.8 Å². The van der Waals surface area contributed by atoms with E-state index in [9.17, 15) is 23.3 Å². The van der Waals surface area contributed by atoms with Gasteiger partial charge in [-0.1, -0.05) is 23.8 Å². The number of sulfonamides is 1. The lowest BCUT2D eigenvalue weighted by Crippen LogP contribution is -2.29. The maximum absolute atomic E-state index is 12.8. The number of hydrogen-bond donors (Lipinski definition) is 0. The Kier molecular flexibility index (Phi) is 6.18. The van der Waals surface area contributed by atoms with Crippen molar-refractivity contribution < 1.29 is 18.1 Å². The van der Waals surface area contributed by atoms with Gasteiger partial charge in [-0.15, -0.1) is 11.0 Å². The molecule has 2 aromatic rings. The number of hydrogen-bond acceptors (Lipinski definition) is 6. The van der Waals surface area contributed by atoms with Gasteiger partial charge in [0.25, 0.3) is 21.6 Å². The number of aryl methyl sites for hydroxylation is 1. The number of carbonyl (C=O) groups excluding carboxylic acids is 1. The molecule has 1 fully saturated rings. The van der Waals surface area contributed by atoms with E-state index in [1.165, 1.54) is 53.5 Å². The Morgan fingerprint density at radius 1 is 1.17 bits per heavy atom. The van der Waals surface area contributed by atoms with Crippen molar-refractivity contribution in [2.45, 2.75) is 11.8 Å². The standard InChI is InChI=1S/C20H17N3O5S2/c1-3-12-22-19(24)18(13-15-6-8-16(9-7-15)23(25)26)29-20(22)21-30(27,28)17-10-4-14(2)5-11-17/h3-11,13H,1,12H2,2H3/b18-13-,21-20+. The van der Waals surface area contributed by atoms with Crippen LogP contribution in [0.1, 0.15) is 11.1 Å². The van der Waals surface area contributed by atoms with Crippen LogP contribution in [-0.4, -0.2) is 35.9 Å². The second-order valence-corrected chi connectivity index (χ2v) is 8.94. The van der Waals surface area contributed by atoms with Gasteiger partial charge in [0.2, 0.25) is 0 Å². The molecular weight excluding hydrogens is 426 g/mol. The van der Waals surface area contributed by atoms with Crippen LogP contribution < -0.4 is 0 Å². The van der Waals surface area contributed by atoms with Crippen molar-refractivity contribution in [3.05, 3.63) is 87.3 Å². The van der Waals surface area contributed by atoms with E-state index in [4.69, 9.17) is 0 Å². The summed E-state index contributed by atoms with van der Waals surface area (Å²) in [4.78, 5) is 24.5. The number of non-ortho nitro benzene ring substituents is 1. The lowest BCUT2D eigenvalue weighted by atomic mass is 10.2. The van der Waals surface area contributed by atoms with Crippen LogP contribution in [0.25, 0.3) is 6.08 Å². The minimum atomic E-state index is -4.01. The van der Waals surface area contributed by atoms with Crippen LogP contribution in [0.2, 0.25) is 0 Å². The van der Waals surface area contributed by atoms with Crippen LogP contribution >= 0.6 is 11.8 Å². The van der Waals surface area contributed by atoms with Crippen molar-refractivity contribution in [2.24, 2.45) is 4.40 Å². The fraction of sp³-hybridized carbons (Fsp3) is 0.100. The van der Waals surface area contributed by atoms with Gasteiger partial charge in [0.15, 0.2) is 5.17 Å². The Balaban J connectivity index is 1.96. The van der Waals surface area contributed by atoms with Crippen LogP contribution in [0.4, 0.5) is 5.69 Å². The fourth-order valence-electron chi connectivity index (χ4n) is 2.58. The molecule has 0 atom stereocenters. The molecule has 8 nitrogen and oxygen atoms in total. The largest absolute Gasteiger partial charge is 0.284 e. The molecule has 30 heavy (non-hydrogen) atoms. The summed E-state index contributed by atoms with van der Waals surface area (Å²) in [7, 11) is -4.01. The van der Waals surface area contributed by atoms with Gasteiger partial charge in [-0.2, -0.15) is 8.42 Å². The summed E-state index contributed by atoms with van der Waals surface area (Å²) >= 11 is 0.924. The van der Waals surface area contributed by atoms with Gasteiger partial charge in [0.05, 0.1) is 14.7 Å². The van der Waals surface area contributed by atoms with Crippen molar-refractivity contribution in [1.82, 2.24) is 4.90 Å². The summed E-state index contributed by atoms with van der Waals surface area (Å²) in [6.45, 7) is 5.53. The molecule has 1 amide bonds. The van der Waals surface area contributed by atoms with Crippen molar-refractivity contribution >= 4 is 44.6 Å². The highest BCUT2D eigenvalue weighted by molar-refractivity contribution is 8.19. The highest BCUT2D eigenvalue weighted by Gasteiger charge is 2.34. The Morgan fingerprint density at radius 3 is 2.37 bits per heavy atom. The molecule has 3 rings (SSSR count). The molecule has 0 N–H and O–H groups in total. The number of amidine groups is 1. The summed E-state index contributed by atoms with van der Waals surface area (Å²) in [6.07, 6.45) is 3.01. The van der Waals surface area contributed by atoms with Crippen LogP contribution in [0, 0.1) is 17.0 Å². The zero-order valence-corrected chi connectivity index (χ0v) is 17.5. The smallest absolute Gasteiger partial charge is 0.282 e. The van der Waals surface area contributed by atoms with Crippen molar-refractivity contribution in [1.29, 1.82) is 0 Å². The van der Waals surface area contributed by atoms with Crippen LogP contribution in [-0.2, 0) is 14.8 Å². The lowest BCUT2D eigenvalue weighted by Gasteiger charge is -2.12. The molecule has 1 aliphatic heterocycles. The Morgan fingerprint density at radius 2 is 1.80 bits per heavy atom. The number of rotatable bonds is 6. The zero-order chi connectivity index (χ0) is 21.9. The van der Waals surface area contributed by atoms with Crippen molar-refractivity contribution in [2.75, 3.05) is 6.54 Å². The molecule has 0 spiro atoms. The highest BCUT2D eigenvalue weighted by Crippen LogP contribution is 2.34. The molecule has 0 unspecified atom stereocenters. The Hall–Kier alpha value is -3.24. The SMILES string of the molecule is C=CCN1C(=O)/C(=C/c2ccc([N+](=O)[O-])cc2)S/C1=N/S(=O)(=O)c1ccc(C)cc1. The molecule has 154 valence electrons. The minimum Gasteiger partial charge on any atom is -0.282 e. The molecule has 1 saturated heterocycles. The number of nitro benzene ring substituents is 1. The first-order chi connectivity index (χ1) is 14.2. The van der Waals surface area contributed by atoms with E-state index in [0.29, 0.717) is 5.56 Å². The first-order valence-electron chi connectivity index (χ1n) is 8.69. The molecule has 1 heterocycles. The minimum absolute atomic E-state index is 0.0219. The quantitative estimate of drug-likeness (QED) is 0.291. The number of benzene rings is 2. The third-order valence-corrected chi connectivity index (χ3v) is 6.52. The van der Waals surface area contributed by atoms with E-state index in [-0.39, 0.29) is 27.2 Å². The Bertz CT molecular complexity index is 1170. The third-order valence-electron chi connectivity index (χ3n) is 4.12. The van der Waals surface area contributed by atoms with Gasteiger partial charge in [0, 0.05) is 18.7 Å². The van der Waals surface area contributed by atoms with Gasteiger partial charge in [-0.05, 0) is 54.6 Å². The van der Waals surface area contributed by atoms with Crippen LogP contribution in [0.5, 0.6) is 0 Å². The van der Waals surface area contributed by atoms with E-state index in [0.717, 1.165) is 17.3 Å². The van der Waals surface area contributed by atoms with Crippen LogP contribution in [0.15, 0.2) is 75.4 Å². The zero-order valence-electron chi connectivity index (χ0n) is 15.9.